The highest BCUT2D eigenvalue weighted by Gasteiger charge is 2.36. The highest BCUT2D eigenvalue weighted by atomic mass is 16.2. The van der Waals surface area contributed by atoms with Crippen LogP contribution in [0.25, 0.3) is 5.69 Å². The van der Waals surface area contributed by atoms with E-state index < -0.39 is 0 Å². The lowest BCUT2D eigenvalue weighted by Crippen LogP contribution is -2.55. The van der Waals surface area contributed by atoms with Gasteiger partial charge in [-0.15, -0.1) is 0 Å². The van der Waals surface area contributed by atoms with E-state index in [1.807, 2.05) is 48.5 Å². The van der Waals surface area contributed by atoms with Crippen molar-refractivity contribution in [2.24, 2.45) is 11.8 Å². The van der Waals surface area contributed by atoms with Gasteiger partial charge >= 0.3 is 0 Å². The molecule has 0 N–H and O–H groups in total. The summed E-state index contributed by atoms with van der Waals surface area (Å²) < 4.78 is 1.80. The minimum absolute atomic E-state index is 0.0854. The number of amides is 1. The van der Waals surface area contributed by atoms with Crippen molar-refractivity contribution in [2.45, 2.75) is 26.4 Å². The summed E-state index contributed by atoms with van der Waals surface area (Å²) in [5.41, 5.74) is 3.02. The second kappa shape index (κ2) is 8.84. The van der Waals surface area contributed by atoms with Gasteiger partial charge in [0.25, 0.3) is 5.91 Å². The van der Waals surface area contributed by atoms with Gasteiger partial charge in [-0.3, -0.25) is 9.69 Å². The Kier molecular flexibility index (Phi) is 6.00. The molecule has 0 spiro atoms. The van der Waals surface area contributed by atoms with Crippen molar-refractivity contribution in [3.05, 3.63) is 84.2 Å². The molecular weight excluding hydrogens is 372 g/mol. The molecule has 1 aromatic heterocycles. The molecule has 1 fully saturated rings. The second-order valence-electron chi connectivity index (χ2n) is 8.54. The zero-order chi connectivity index (χ0) is 21.1. The van der Waals surface area contributed by atoms with Gasteiger partial charge in [-0.25, -0.2) is 4.68 Å². The Hall–Kier alpha value is -2.92. The first kappa shape index (κ1) is 20.4. The highest BCUT2D eigenvalue weighted by molar-refractivity contribution is 5.94. The SMILES string of the molecule is C[C@H]1CN(Cc2ccccc2)C[C@H](C)C1N(C)C(=O)c1ccc(-n2cccn2)cc1. The van der Waals surface area contributed by atoms with Crippen molar-refractivity contribution in [2.75, 3.05) is 20.1 Å². The van der Waals surface area contributed by atoms with Crippen molar-refractivity contribution in [3.63, 3.8) is 0 Å². The smallest absolute Gasteiger partial charge is 0.253 e. The van der Waals surface area contributed by atoms with E-state index >= 15 is 0 Å². The predicted molar refractivity (Wildman–Crippen MR) is 119 cm³/mol. The molecule has 2 heterocycles. The van der Waals surface area contributed by atoms with Gasteiger partial charge < -0.3 is 4.90 Å². The summed E-state index contributed by atoms with van der Waals surface area (Å²) in [7, 11) is 1.95. The van der Waals surface area contributed by atoms with E-state index in [1.54, 1.807) is 10.9 Å². The van der Waals surface area contributed by atoms with Gasteiger partial charge in [-0.1, -0.05) is 44.2 Å². The van der Waals surface area contributed by atoms with Gasteiger partial charge in [0.15, 0.2) is 0 Å². The number of hydrogen-bond donors (Lipinski definition) is 0. The molecule has 156 valence electrons. The summed E-state index contributed by atoms with van der Waals surface area (Å²) in [6.07, 6.45) is 3.65. The zero-order valence-electron chi connectivity index (χ0n) is 18.0. The first-order valence-electron chi connectivity index (χ1n) is 10.7. The lowest BCUT2D eigenvalue weighted by atomic mass is 9.84. The normalized spacial score (nSPS) is 20.2. The molecule has 2 atom stereocenters. The van der Waals surface area contributed by atoms with Crippen LogP contribution in [0.3, 0.4) is 0 Å². The number of piperidine rings is 1. The molecule has 0 radical (unpaired) electrons. The van der Waals surface area contributed by atoms with E-state index in [2.05, 4.69) is 54.2 Å². The molecule has 4 rings (SSSR count). The van der Waals surface area contributed by atoms with E-state index in [-0.39, 0.29) is 11.9 Å². The average Bonchev–Trinajstić information content (AvgIpc) is 3.28. The van der Waals surface area contributed by atoms with Gasteiger partial charge in [-0.05, 0) is 47.7 Å². The Morgan fingerprint density at radius 1 is 1.00 bits per heavy atom. The van der Waals surface area contributed by atoms with Crippen LogP contribution in [0.4, 0.5) is 0 Å². The molecule has 5 heteroatoms. The number of carbonyl (C=O) groups is 1. The first-order valence-corrected chi connectivity index (χ1v) is 10.7. The quantitative estimate of drug-likeness (QED) is 0.645. The van der Waals surface area contributed by atoms with Crippen LogP contribution in [0.1, 0.15) is 29.8 Å². The van der Waals surface area contributed by atoms with E-state index in [9.17, 15) is 4.79 Å². The van der Waals surface area contributed by atoms with Crippen molar-refractivity contribution in [1.29, 1.82) is 0 Å². The maximum Gasteiger partial charge on any atom is 0.253 e. The molecule has 1 amide bonds. The van der Waals surface area contributed by atoms with Crippen LogP contribution in [0.5, 0.6) is 0 Å². The van der Waals surface area contributed by atoms with Gasteiger partial charge in [0, 0.05) is 50.7 Å². The van der Waals surface area contributed by atoms with Crippen LogP contribution in [0.2, 0.25) is 0 Å². The summed E-state index contributed by atoms with van der Waals surface area (Å²) >= 11 is 0. The van der Waals surface area contributed by atoms with Crippen molar-refractivity contribution in [1.82, 2.24) is 19.6 Å². The highest BCUT2D eigenvalue weighted by Crippen LogP contribution is 2.28. The van der Waals surface area contributed by atoms with Crippen molar-refractivity contribution in [3.8, 4) is 5.69 Å². The summed E-state index contributed by atoms with van der Waals surface area (Å²) in [5.74, 6) is 0.909. The summed E-state index contributed by atoms with van der Waals surface area (Å²) in [5, 5.41) is 4.24. The van der Waals surface area contributed by atoms with Gasteiger partial charge in [0.1, 0.15) is 0 Å². The third-order valence-corrected chi connectivity index (χ3v) is 6.16. The molecule has 0 bridgehead atoms. The van der Waals surface area contributed by atoms with E-state index in [4.69, 9.17) is 0 Å². The summed E-state index contributed by atoms with van der Waals surface area (Å²) in [6.45, 7) is 7.50. The standard InChI is InChI=1S/C25H30N4O/c1-19-16-28(18-21-8-5-4-6-9-21)17-20(2)24(19)27(3)25(30)22-10-12-23(13-11-22)29-15-7-14-26-29/h4-15,19-20,24H,16-18H2,1-3H3/t19-,20-/m0/s1. The van der Waals surface area contributed by atoms with Gasteiger partial charge in [-0.2, -0.15) is 5.10 Å². The van der Waals surface area contributed by atoms with Gasteiger partial charge in [0.05, 0.1) is 5.69 Å². The maximum absolute atomic E-state index is 13.2. The van der Waals surface area contributed by atoms with Crippen LogP contribution in [0, 0.1) is 11.8 Å². The Balaban J connectivity index is 1.42. The third kappa shape index (κ3) is 4.31. The van der Waals surface area contributed by atoms with Gasteiger partial charge in [0.2, 0.25) is 0 Å². The Morgan fingerprint density at radius 2 is 1.67 bits per heavy atom. The van der Waals surface area contributed by atoms with Crippen LogP contribution in [-0.2, 0) is 6.54 Å². The Bertz CT molecular complexity index is 941. The number of benzene rings is 2. The topological polar surface area (TPSA) is 41.4 Å². The maximum atomic E-state index is 13.2. The molecule has 5 nitrogen and oxygen atoms in total. The minimum atomic E-state index is 0.0854. The predicted octanol–water partition coefficient (Wildman–Crippen LogP) is 4.10. The molecule has 0 aliphatic carbocycles. The lowest BCUT2D eigenvalue weighted by Gasteiger charge is -2.45. The minimum Gasteiger partial charge on any atom is -0.338 e. The Morgan fingerprint density at radius 3 is 2.27 bits per heavy atom. The molecule has 0 unspecified atom stereocenters. The van der Waals surface area contributed by atoms with Crippen LogP contribution in [-0.4, -0.2) is 51.7 Å². The van der Waals surface area contributed by atoms with E-state index in [1.165, 1.54) is 5.56 Å². The van der Waals surface area contributed by atoms with Crippen LogP contribution < -0.4 is 0 Å². The molecule has 2 aromatic carbocycles. The molecule has 30 heavy (non-hydrogen) atoms. The summed E-state index contributed by atoms with van der Waals surface area (Å²) in [6, 6.07) is 20.4. The fourth-order valence-electron chi connectivity index (χ4n) is 4.92. The number of rotatable bonds is 5. The molecule has 1 saturated heterocycles. The Labute approximate surface area is 178 Å². The molecular formula is C25H30N4O. The fraction of sp³-hybridized carbons (Fsp3) is 0.360. The summed E-state index contributed by atoms with van der Waals surface area (Å²) in [4.78, 5) is 17.7. The number of hydrogen-bond acceptors (Lipinski definition) is 3. The van der Waals surface area contributed by atoms with Crippen LogP contribution >= 0.6 is 0 Å². The van der Waals surface area contributed by atoms with E-state index in [0.29, 0.717) is 11.8 Å². The molecule has 1 aliphatic heterocycles. The molecule has 0 saturated carbocycles. The number of aromatic nitrogens is 2. The number of nitrogens with zero attached hydrogens (tertiary/aromatic N) is 4. The molecule has 3 aromatic rings. The monoisotopic (exact) mass is 402 g/mol. The fourth-order valence-corrected chi connectivity index (χ4v) is 4.92. The van der Waals surface area contributed by atoms with Crippen LogP contribution in [0.15, 0.2) is 73.1 Å². The van der Waals surface area contributed by atoms with Crippen molar-refractivity contribution < 1.29 is 4.79 Å². The van der Waals surface area contributed by atoms with Crippen molar-refractivity contribution >= 4 is 5.91 Å². The zero-order valence-corrected chi connectivity index (χ0v) is 18.0. The number of likely N-dealkylation sites (tertiary alicyclic amines) is 1. The van der Waals surface area contributed by atoms with E-state index in [0.717, 1.165) is 30.9 Å². The first-order chi connectivity index (χ1) is 14.5. The third-order valence-electron chi connectivity index (χ3n) is 6.16. The largest absolute Gasteiger partial charge is 0.338 e. The number of carbonyl (C=O) groups excluding carboxylic acids is 1. The second-order valence-corrected chi connectivity index (χ2v) is 8.54. The molecule has 1 aliphatic rings. The average molecular weight is 403 g/mol. The lowest BCUT2D eigenvalue weighted by molar-refractivity contribution is 0.0271.